The van der Waals surface area contributed by atoms with Crippen molar-refractivity contribution in [3.8, 4) is 11.8 Å². The fourth-order valence-corrected chi connectivity index (χ4v) is 1.17. The molecule has 0 bridgehead atoms. The summed E-state index contributed by atoms with van der Waals surface area (Å²) >= 11 is 0. The van der Waals surface area contributed by atoms with Gasteiger partial charge in [-0.3, -0.25) is 10.1 Å². The van der Waals surface area contributed by atoms with Crippen LogP contribution in [0, 0.1) is 28.9 Å². The summed E-state index contributed by atoms with van der Waals surface area (Å²) in [4.78, 5) is 21.2. The van der Waals surface area contributed by atoms with Gasteiger partial charge in [-0.1, -0.05) is 12.0 Å². The van der Waals surface area contributed by atoms with Gasteiger partial charge in [0.15, 0.2) is 0 Å². The fourth-order valence-electron chi connectivity index (χ4n) is 1.17. The Morgan fingerprint density at radius 1 is 1.53 bits per heavy atom. The van der Waals surface area contributed by atoms with E-state index in [-0.39, 0.29) is 12.3 Å². The Hall–Kier alpha value is -2.35. The maximum Gasteiger partial charge on any atom is 0.384 e. The van der Waals surface area contributed by atoms with Crippen molar-refractivity contribution in [1.82, 2.24) is 0 Å². The smallest absolute Gasteiger partial charge is 0.384 e. The summed E-state index contributed by atoms with van der Waals surface area (Å²) in [7, 11) is 0. The second-order valence-electron chi connectivity index (χ2n) is 3.23. The number of nitrogens with zero attached hydrogens (tertiary/aromatic N) is 1. The zero-order chi connectivity index (χ0) is 12.8. The van der Waals surface area contributed by atoms with Crippen LogP contribution in [0.1, 0.15) is 18.1 Å². The number of nitro groups is 1. The van der Waals surface area contributed by atoms with Gasteiger partial charge in [0, 0.05) is 23.1 Å². The summed E-state index contributed by atoms with van der Waals surface area (Å²) in [5, 5.41) is 10.7. The van der Waals surface area contributed by atoms with E-state index in [1.807, 2.05) is 0 Å². The van der Waals surface area contributed by atoms with Gasteiger partial charge in [0.1, 0.15) is 0 Å². The second kappa shape index (κ2) is 5.66. The molecule has 0 aromatic heterocycles. The molecule has 0 atom stereocenters. The molecule has 0 fully saturated rings. The Morgan fingerprint density at radius 2 is 2.24 bits per heavy atom. The number of rotatable bonds is 2. The van der Waals surface area contributed by atoms with Crippen molar-refractivity contribution in [3.63, 3.8) is 0 Å². The third-order valence-electron chi connectivity index (χ3n) is 1.99. The number of nitro benzene ring substituents is 1. The minimum absolute atomic E-state index is 0.0133. The monoisotopic (exact) mass is 233 g/mol. The van der Waals surface area contributed by atoms with Crippen molar-refractivity contribution in [2.45, 2.75) is 13.8 Å². The number of benzene rings is 1. The molecule has 0 N–H and O–H groups in total. The maximum atomic E-state index is 11.0. The van der Waals surface area contributed by atoms with Crippen LogP contribution in [0.3, 0.4) is 0 Å². The zero-order valence-corrected chi connectivity index (χ0v) is 9.52. The van der Waals surface area contributed by atoms with Crippen LogP contribution in [-0.4, -0.2) is 17.5 Å². The molecule has 0 saturated carbocycles. The van der Waals surface area contributed by atoms with Crippen molar-refractivity contribution in [2.24, 2.45) is 0 Å². The molecular formula is C12H11NO4. The van der Waals surface area contributed by atoms with Crippen LogP contribution in [0.4, 0.5) is 5.69 Å². The first kappa shape index (κ1) is 12.7. The Kier molecular flexibility index (Phi) is 4.23. The van der Waals surface area contributed by atoms with E-state index in [1.165, 1.54) is 6.07 Å². The lowest BCUT2D eigenvalue weighted by Gasteiger charge is -1.97. The van der Waals surface area contributed by atoms with Crippen molar-refractivity contribution in [3.05, 3.63) is 39.4 Å². The largest absolute Gasteiger partial charge is 0.456 e. The number of ether oxygens (including phenoxy) is 1. The SMILES string of the molecule is CCOC(=O)C#Cc1ccc(C)c([N+](=O)[O-])c1. The van der Waals surface area contributed by atoms with E-state index in [2.05, 4.69) is 16.6 Å². The van der Waals surface area contributed by atoms with E-state index in [9.17, 15) is 14.9 Å². The first-order valence-electron chi connectivity index (χ1n) is 4.98. The van der Waals surface area contributed by atoms with E-state index in [0.717, 1.165) is 0 Å². The van der Waals surface area contributed by atoms with Crippen molar-refractivity contribution < 1.29 is 14.5 Å². The first-order valence-corrected chi connectivity index (χ1v) is 4.98. The molecule has 0 aliphatic carbocycles. The molecule has 17 heavy (non-hydrogen) atoms. The Balaban J connectivity index is 2.97. The summed E-state index contributed by atoms with van der Waals surface area (Å²) in [6.07, 6.45) is 0. The molecule has 88 valence electrons. The highest BCUT2D eigenvalue weighted by Gasteiger charge is 2.09. The van der Waals surface area contributed by atoms with Crippen molar-refractivity contribution in [1.29, 1.82) is 0 Å². The van der Waals surface area contributed by atoms with Gasteiger partial charge in [0.25, 0.3) is 5.69 Å². The summed E-state index contributed by atoms with van der Waals surface area (Å²) < 4.78 is 4.62. The number of carbonyl (C=O) groups excluding carboxylic acids is 1. The second-order valence-corrected chi connectivity index (χ2v) is 3.23. The van der Waals surface area contributed by atoms with Crippen LogP contribution < -0.4 is 0 Å². The molecule has 0 spiro atoms. The van der Waals surface area contributed by atoms with Crippen LogP contribution in [0.15, 0.2) is 18.2 Å². The summed E-state index contributed by atoms with van der Waals surface area (Å²) in [6, 6.07) is 4.55. The predicted molar refractivity (Wildman–Crippen MR) is 61.3 cm³/mol. The van der Waals surface area contributed by atoms with Gasteiger partial charge in [0.05, 0.1) is 11.5 Å². The maximum absolute atomic E-state index is 11.0. The molecule has 0 amide bonds. The molecule has 0 unspecified atom stereocenters. The average molecular weight is 233 g/mol. The number of carbonyl (C=O) groups is 1. The fraction of sp³-hybridized carbons (Fsp3) is 0.250. The minimum Gasteiger partial charge on any atom is -0.456 e. The van der Waals surface area contributed by atoms with Gasteiger partial charge in [-0.25, -0.2) is 4.79 Å². The van der Waals surface area contributed by atoms with E-state index >= 15 is 0 Å². The number of hydrogen-bond donors (Lipinski definition) is 0. The standard InChI is InChI=1S/C12H11NO4/c1-3-17-12(14)7-6-10-5-4-9(2)11(8-10)13(15)16/h4-5,8H,3H2,1-2H3. The molecule has 0 heterocycles. The Labute approximate surface area is 98.5 Å². The van der Waals surface area contributed by atoms with E-state index in [4.69, 9.17) is 0 Å². The third-order valence-corrected chi connectivity index (χ3v) is 1.99. The summed E-state index contributed by atoms with van der Waals surface area (Å²) in [5.74, 6) is 4.13. The molecule has 0 aliphatic rings. The summed E-state index contributed by atoms with van der Waals surface area (Å²) in [6.45, 7) is 3.57. The van der Waals surface area contributed by atoms with Gasteiger partial charge in [-0.05, 0) is 19.9 Å². The third kappa shape index (κ3) is 3.61. The molecule has 0 saturated heterocycles. The molecule has 1 aromatic carbocycles. The van der Waals surface area contributed by atoms with Gasteiger partial charge in [-0.2, -0.15) is 0 Å². The molecule has 0 aliphatic heterocycles. The first-order chi connectivity index (χ1) is 8.04. The number of esters is 1. The van der Waals surface area contributed by atoms with Crippen LogP contribution in [-0.2, 0) is 9.53 Å². The molecule has 5 heteroatoms. The van der Waals surface area contributed by atoms with E-state index in [1.54, 1.807) is 26.0 Å². The topological polar surface area (TPSA) is 69.4 Å². The van der Waals surface area contributed by atoms with Crippen molar-refractivity contribution in [2.75, 3.05) is 6.61 Å². The molecule has 0 radical (unpaired) electrons. The van der Waals surface area contributed by atoms with Gasteiger partial charge >= 0.3 is 5.97 Å². The zero-order valence-electron chi connectivity index (χ0n) is 9.52. The highest BCUT2D eigenvalue weighted by Crippen LogP contribution is 2.18. The van der Waals surface area contributed by atoms with Crippen LogP contribution in [0.2, 0.25) is 0 Å². The number of aryl methyl sites for hydroxylation is 1. The van der Waals surface area contributed by atoms with Crippen LogP contribution >= 0.6 is 0 Å². The number of hydrogen-bond acceptors (Lipinski definition) is 4. The highest BCUT2D eigenvalue weighted by atomic mass is 16.6. The molecule has 5 nitrogen and oxygen atoms in total. The molecule has 1 rings (SSSR count). The van der Waals surface area contributed by atoms with Crippen LogP contribution in [0.5, 0.6) is 0 Å². The average Bonchev–Trinajstić information content (AvgIpc) is 2.28. The lowest BCUT2D eigenvalue weighted by molar-refractivity contribution is -0.385. The normalized spacial score (nSPS) is 9.06. The summed E-state index contributed by atoms with van der Waals surface area (Å²) in [5.41, 5.74) is 0.952. The lowest BCUT2D eigenvalue weighted by atomic mass is 10.1. The molecule has 1 aromatic rings. The highest BCUT2D eigenvalue weighted by molar-refractivity contribution is 5.89. The molecular weight excluding hydrogens is 222 g/mol. The van der Waals surface area contributed by atoms with Gasteiger partial charge in [-0.15, -0.1) is 0 Å². The minimum atomic E-state index is -0.643. The van der Waals surface area contributed by atoms with Gasteiger partial charge in [0.2, 0.25) is 0 Å². The van der Waals surface area contributed by atoms with E-state index in [0.29, 0.717) is 11.1 Å². The lowest BCUT2D eigenvalue weighted by Crippen LogP contribution is -1.99. The predicted octanol–water partition coefficient (Wildman–Crippen LogP) is 1.82. The van der Waals surface area contributed by atoms with Gasteiger partial charge < -0.3 is 4.74 Å². The quantitative estimate of drug-likeness (QED) is 0.338. The Morgan fingerprint density at radius 3 is 2.82 bits per heavy atom. The van der Waals surface area contributed by atoms with Crippen LogP contribution in [0.25, 0.3) is 0 Å². The van der Waals surface area contributed by atoms with E-state index < -0.39 is 10.9 Å². The Bertz CT molecular complexity index is 511. The van der Waals surface area contributed by atoms with Crippen molar-refractivity contribution >= 4 is 11.7 Å².